The van der Waals surface area contributed by atoms with Crippen molar-refractivity contribution in [3.63, 3.8) is 0 Å². The summed E-state index contributed by atoms with van der Waals surface area (Å²) in [5.41, 5.74) is 2.10. The maximum Gasteiger partial charge on any atom is 0.333 e. The first-order valence-corrected chi connectivity index (χ1v) is 9.22. The van der Waals surface area contributed by atoms with Crippen molar-refractivity contribution in [3.8, 4) is 0 Å². The van der Waals surface area contributed by atoms with E-state index in [1.54, 1.807) is 0 Å². The van der Waals surface area contributed by atoms with E-state index in [0.29, 0.717) is 30.6 Å². The van der Waals surface area contributed by atoms with Crippen LogP contribution < -0.4 is 0 Å². The quantitative estimate of drug-likeness (QED) is 0.263. The molecule has 0 aliphatic carbocycles. The summed E-state index contributed by atoms with van der Waals surface area (Å²) >= 11 is 4.76. The minimum absolute atomic E-state index is 0.237. The monoisotopic (exact) mass is 374 g/mol. The summed E-state index contributed by atoms with van der Waals surface area (Å²) in [6, 6.07) is 0. The van der Waals surface area contributed by atoms with Crippen molar-refractivity contribution in [2.24, 2.45) is 0 Å². The molecule has 0 saturated carbocycles. The standard InChI is InChI=1S/C11H20O2.C7H12O2.C2H3Cl/c1-4-6-7-8-9-13-11(12)10(3)5-2;1-3-4-5-6(2)7(8)9;1-2-3/h3-9H2,1-2H3;2-5H2,1H3,(H,8,9);2H,1H2. The predicted octanol–water partition coefficient (Wildman–Crippen LogP) is 6.26. The van der Waals surface area contributed by atoms with E-state index in [4.69, 9.17) is 21.4 Å². The molecule has 0 fully saturated rings. The number of aliphatic carboxylic acids is 1. The van der Waals surface area contributed by atoms with E-state index < -0.39 is 5.97 Å². The highest BCUT2D eigenvalue weighted by molar-refractivity contribution is 6.25. The Morgan fingerprint density at radius 1 is 1.00 bits per heavy atom. The number of carbonyl (C=O) groups excluding carboxylic acids is 1. The highest BCUT2D eigenvalue weighted by atomic mass is 35.5. The second kappa shape index (κ2) is 22.4. The minimum atomic E-state index is -0.872. The first-order valence-electron chi connectivity index (χ1n) is 8.79. The van der Waals surface area contributed by atoms with E-state index in [2.05, 4.69) is 26.7 Å². The average molecular weight is 375 g/mol. The van der Waals surface area contributed by atoms with Gasteiger partial charge in [0.25, 0.3) is 0 Å². The number of carboxylic acids is 1. The normalized spacial score (nSPS) is 8.80. The fourth-order valence-corrected chi connectivity index (χ4v) is 1.44. The Kier molecular flexibility index (Phi) is 25.4. The summed E-state index contributed by atoms with van der Waals surface area (Å²) in [6.45, 7) is 16.8. The van der Waals surface area contributed by atoms with Crippen LogP contribution in [0.4, 0.5) is 0 Å². The van der Waals surface area contributed by atoms with Gasteiger partial charge in [-0.1, -0.05) is 77.8 Å². The Bertz CT molecular complexity index is 389. The van der Waals surface area contributed by atoms with Crippen molar-refractivity contribution >= 4 is 23.5 Å². The molecule has 0 aromatic rings. The third kappa shape index (κ3) is 24.8. The van der Waals surface area contributed by atoms with E-state index in [1.807, 2.05) is 13.8 Å². The van der Waals surface area contributed by atoms with Crippen LogP contribution in [0, 0.1) is 0 Å². The number of ether oxygens (including phenoxy) is 1. The van der Waals surface area contributed by atoms with Gasteiger partial charge in [-0.25, -0.2) is 9.59 Å². The molecule has 0 rings (SSSR count). The maximum absolute atomic E-state index is 11.1. The van der Waals surface area contributed by atoms with Crippen molar-refractivity contribution in [3.05, 3.63) is 36.4 Å². The van der Waals surface area contributed by atoms with Gasteiger partial charge in [0.2, 0.25) is 0 Å². The largest absolute Gasteiger partial charge is 0.478 e. The van der Waals surface area contributed by atoms with Crippen molar-refractivity contribution in [1.29, 1.82) is 0 Å². The maximum atomic E-state index is 11.1. The molecular weight excluding hydrogens is 340 g/mol. The molecule has 1 N–H and O–H groups in total. The molecular formula is C20H35ClO4. The highest BCUT2D eigenvalue weighted by Crippen LogP contribution is 2.04. The van der Waals surface area contributed by atoms with Crippen molar-refractivity contribution in [1.82, 2.24) is 0 Å². The zero-order valence-corrected chi connectivity index (χ0v) is 16.9. The molecule has 0 aliphatic heterocycles. The van der Waals surface area contributed by atoms with Gasteiger partial charge in [0.05, 0.1) is 6.61 Å². The first kappa shape index (κ1) is 28.3. The van der Waals surface area contributed by atoms with Crippen LogP contribution >= 0.6 is 11.6 Å². The summed E-state index contributed by atoms with van der Waals surface area (Å²) in [7, 11) is 0. The van der Waals surface area contributed by atoms with Gasteiger partial charge >= 0.3 is 11.9 Å². The summed E-state index contributed by atoms with van der Waals surface area (Å²) < 4.78 is 5.00. The lowest BCUT2D eigenvalue weighted by Crippen LogP contribution is -2.07. The summed E-state index contributed by atoms with van der Waals surface area (Å²) in [5, 5.41) is 8.31. The fourth-order valence-electron chi connectivity index (χ4n) is 1.44. The van der Waals surface area contributed by atoms with E-state index in [9.17, 15) is 9.59 Å². The summed E-state index contributed by atoms with van der Waals surface area (Å²) in [4.78, 5) is 21.2. The van der Waals surface area contributed by atoms with E-state index in [0.717, 1.165) is 25.7 Å². The van der Waals surface area contributed by atoms with Crippen LogP contribution in [0.1, 0.15) is 72.1 Å². The Labute approximate surface area is 158 Å². The van der Waals surface area contributed by atoms with E-state index >= 15 is 0 Å². The number of carbonyl (C=O) groups is 2. The highest BCUT2D eigenvalue weighted by Gasteiger charge is 2.04. The third-order valence-electron chi connectivity index (χ3n) is 3.08. The van der Waals surface area contributed by atoms with Crippen molar-refractivity contribution < 1.29 is 19.4 Å². The van der Waals surface area contributed by atoms with Gasteiger partial charge in [0, 0.05) is 11.1 Å². The lowest BCUT2D eigenvalue weighted by Gasteiger charge is -2.04. The predicted molar refractivity (Wildman–Crippen MR) is 107 cm³/mol. The van der Waals surface area contributed by atoms with Gasteiger partial charge in [-0.15, -0.1) is 0 Å². The second-order valence-corrected chi connectivity index (χ2v) is 5.63. The van der Waals surface area contributed by atoms with Gasteiger partial charge in [-0.2, -0.15) is 0 Å². The average Bonchev–Trinajstić information content (AvgIpc) is 2.59. The van der Waals surface area contributed by atoms with Gasteiger partial charge < -0.3 is 9.84 Å². The van der Waals surface area contributed by atoms with Crippen LogP contribution in [0.3, 0.4) is 0 Å². The number of halogens is 1. The van der Waals surface area contributed by atoms with Gasteiger partial charge in [-0.05, 0) is 31.2 Å². The molecule has 25 heavy (non-hydrogen) atoms. The number of rotatable bonds is 11. The lowest BCUT2D eigenvalue weighted by molar-refractivity contribution is -0.139. The number of carboxylic acid groups (broad SMARTS) is 1. The number of unbranched alkanes of at least 4 members (excludes halogenated alkanes) is 4. The molecule has 0 saturated heterocycles. The summed E-state index contributed by atoms with van der Waals surface area (Å²) in [5.74, 6) is -1.11. The van der Waals surface area contributed by atoms with Crippen LogP contribution in [0.5, 0.6) is 0 Å². The first-order chi connectivity index (χ1) is 11.8. The second-order valence-electron chi connectivity index (χ2n) is 5.32. The van der Waals surface area contributed by atoms with Crippen LogP contribution in [0.25, 0.3) is 0 Å². The van der Waals surface area contributed by atoms with Crippen LogP contribution in [-0.2, 0) is 14.3 Å². The molecule has 146 valence electrons. The molecule has 5 heteroatoms. The van der Waals surface area contributed by atoms with Gasteiger partial charge in [-0.3, -0.25) is 0 Å². The van der Waals surface area contributed by atoms with Crippen LogP contribution in [0.2, 0.25) is 0 Å². The zero-order valence-electron chi connectivity index (χ0n) is 16.1. The molecule has 0 aromatic carbocycles. The Morgan fingerprint density at radius 3 is 1.92 bits per heavy atom. The Hall–Kier alpha value is -1.55. The smallest absolute Gasteiger partial charge is 0.333 e. The Balaban J connectivity index is -0.000000350. The van der Waals surface area contributed by atoms with Gasteiger partial charge in [0.1, 0.15) is 0 Å². The molecule has 0 aliphatic rings. The third-order valence-corrected chi connectivity index (χ3v) is 3.08. The molecule has 0 atom stereocenters. The van der Waals surface area contributed by atoms with Crippen LogP contribution in [0.15, 0.2) is 36.4 Å². The minimum Gasteiger partial charge on any atom is -0.478 e. The molecule has 0 bridgehead atoms. The molecule has 4 nitrogen and oxygen atoms in total. The Morgan fingerprint density at radius 2 is 1.52 bits per heavy atom. The van der Waals surface area contributed by atoms with Gasteiger partial charge in [0.15, 0.2) is 0 Å². The van der Waals surface area contributed by atoms with Crippen molar-refractivity contribution in [2.45, 2.75) is 72.1 Å². The fraction of sp³-hybridized carbons (Fsp3) is 0.600. The van der Waals surface area contributed by atoms with E-state index in [-0.39, 0.29) is 5.97 Å². The molecule has 0 heterocycles. The molecule has 0 spiro atoms. The molecule has 0 unspecified atom stereocenters. The number of hydrogen-bond donors (Lipinski definition) is 1. The zero-order chi connectivity index (χ0) is 20.1. The molecule has 0 amide bonds. The summed E-state index contributed by atoms with van der Waals surface area (Å²) in [6.07, 6.45) is 7.76. The lowest BCUT2D eigenvalue weighted by atomic mass is 10.1. The number of esters is 1. The SMILES string of the molecule is C=C(CC)C(=O)OCCCCCC.C=C(CCCC)C(=O)O.C=CCl. The van der Waals surface area contributed by atoms with Crippen molar-refractivity contribution in [2.75, 3.05) is 6.61 Å². The van der Waals surface area contributed by atoms with Crippen LogP contribution in [-0.4, -0.2) is 23.7 Å². The number of hydrogen-bond acceptors (Lipinski definition) is 3. The topological polar surface area (TPSA) is 63.6 Å². The van der Waals surface area contributed by atoms with E-state index in [1.165, 1.54) is 18.4 Å². The molecule has 0 aromatic heterocycles. The molecule has 0 radical (unpaired) electrons.